The van der Waals surface area contributed by atoms with Crippen LogP contribution in [0.2, 0.25) is 0 Å². The average molecular weight is 240 g/mol. The molecule has 3 nitrogen and oxygen atoms in total. The van der Waals surface area contributed by atoms with Crippen molar-refractivity contribution in [1.29, 1.82) is 0 Å². The Balaban J connectivity index is 2.47. The molecule has 100 valence electrons. The van der Waals surface area contributed by atoms with Crippen molar-refractivity contribution in [2.75, 3.05) is 19.6 Å². The molecule has 0 aromatic rings. The van der Waals surface area contributed by atoms with Crippen molar-refractivity contribution in [3.05, 3.63) is 0 Å². The first-order valence-corrected chi connectivity index (χ1v) is 7.05. The first-order valence-electron chi connectivity index (χ1n) is 7.05. The van der Waals surface area contributed by atoms with Crippen LogP contribution in [-0.2, 0) is 4.79 Å². The number of likely N-dealkylation sites (tertiary alicyclic amines) is 1. The Kier molecular flexibility index (Phi) is 5.96. The van der Waals surface area contributed by atoms with E-state index in [1.807, 2.05) is 0 Å². The third-order valence-corrected chi connectivity index (χ3v) is 3.84. The standard InChI is InChI=1S/C14H28N2O/c1-5-15-12(4)10-16-9-8-13(11(2)3)6-7-14(16)17/h11-13,15H,5-10H2,1-4H3. The van der Waals surface area contributed by atoms with Crippen molar-refractivity contribution in [3.8, 4) is 0 Å². The smallest absolute Gasteiger partial charge is 0.222 e. The fourth-order valence-corrected chi connectivity index (χ4v) is 2.66. The van der Waals surface area contributed by atoms with Gasteiger partial charge < -0.3 is 10.2 Å². The molecule has 0 aliphatic carbocycles. The molecule has 0 spiro atoms. The van der Waals surface area contributed by atoms with Gasteiger partial charge in [-0.2, -0.15) is 0 Å². The molecule has 0 bridgehead atoms. The van der Waals surface area contributed by atoms with E-state index in [4.69, 9.17) is 0 Å². The average Bonchev–Trinajstić information content (AvgIpc) is 2.43. The van der Waals surface area contributed by atoms with Crippen LogP contribution in [0.15, 0.2) is 0 Å². The van der Waals surface area contributed by atoms with E-state index in [9.17, 15) is 4.79 Å². The summed E-state index contributed by atoms with van der Waals surface area (Å²) in [6, 6.07) is 0.402. The van der Waals surface area contributed by atoms with Gasteiger partial charge in [-0.25, -0.2) is 0 Å². The Labute approximate surface area is 106 Å². The lowest BCUT2D eigenvalue weighted by Crippen LogP contribution is -2.42. The molecular weight excluding hydrogens is 212 g/mol. The quantitative estimate of drug-likeness (QED) is 0.799. The summed E-state index contributed by atoms with van der Waals surface area (Å²) in [5.41, 5.74) is 0. The van der Waals surface area contributed by atoms with Gasteiger partial charge in [0.25, 0.3) is 0 Å². The summed E-state index contributed by atoms with van der Waals surface area (Å²) in [5, 5.41) is 3.37. The van der Waals surface area contributed by atoms with E-state index in [0.717, 1.165) is 38.4 Å². The van der Waals surface area contributed by atoms with E-state index in [2.05, 4.69) is 37.9 Å². The highest BCUT2D eigenvalue weighted by Gasteiger charge is 2.24. The number of carbonyl (C=O) groups excluding carboxylic acids is 1. The maximum absolute atomic E-state index is 12.0. The molecule has 0 aromatic carbocycles. The van der Waals surface area contributed by atoms with E-state index in [0.29, 0.717) is 17.9 Å². The lowest BCUT2D eigenvalue weighted by Gasteiger charge is -2.25. The summed E-state index contributed by atoms with van der Waals surface area (Å²) in [6.45, 7) is 11.6. The number of carbonyl (C=O) groups is 1. The molecule has 1 saturated heterocycles. The first-order chi connectivity index (χ1) is 8.04. The zero-order chi connectivity index (χ0) is 12.8. The molecule has 2 atom stereocenters. The van der Waals surface area contributed by atoms with Crippen molar-refractivity contribution < 1.29 is 4.79 Å². The molecule has 2 unspecified atom stereocenters. The van der Waals surface area contributed by atoms with Crippen LogP contribution in [-0.4, -0.2) is 36.5 Å². The van der Waals surface area contributed by atoms with Gasteiger partial charge in [-0.1, -0.05) is 20.8 Å². The number of hydrogen-bond acceptors (Lipinski definition) is 2. The monoisotopic (exact) mass is 240 g/mol. The van der Waals surface area contributed by atoms with Gasteiger partial charge in [0.05, 0.1) is 0 Å². The Bertz CT molecular complexity index is 240. The van der Waals surface area contributed by atoms with Gasteiger partial charge in [-0.05, 0) is 38.1 Å². The first kappa shape index (κ1) is 14.5. The normalized spacial score (nSPS) is 23.9. The molecule has 1 fully saturated rings. The van der Waals surface area contributed by atoms with Gasteiger partial charge in [0.15, 0.2) is 0 Å². The fourth-order valence-electron chi connectivity index (χ4n) is 2.66. The number of rotatable bonds is 5. The van der Waals surface area contributed by atoms with Gasteiger partial charge in [0.2, 0.25) is 5.91 Å². The predicted octanol–water partition coefficient (Wildman–Crippen LogP) is 2.27. The lowest BCUT2D eigenvalue weighted by molar-refractivity contribution is -0.131. The van der Waals surface area contributed by atoms with Crippen molar-refractivity contribution >= 4 is 5.91 Å². The molecule has 0 aromatic heterocycles. The van der Waals surface area contributed by atoms with Gasteiger partial charge in [0.1, 0.15) is 0 Å². The van der Waals surface area contributed by atoms with Crippen molar-refractivity contribution in [1.82, 2.24) is 10.2 Å². The van der Waals surface area contributed by atoms with Crippen LogP contribution < -0.4 is 5.32 Å². The second-order valence-electron chi connectivity index (χ2n) is 5.63. The minimum Gasteiger partial charge on any atom is -0.341 e. The maximum Gasteiger partial charge on any atom is 0.222 e. The van der Waals surface area contributed by atoms with Crippen LogP contribution in [0.1, 0.15) is 47.0 Å². The van der Waals surface area contributed by atoms with Crippen LogP contribution in [0, 0.1) is 11.8 Å². The molecular formula is C14H28N2O. The van der Waals surface area contributed by atoms with Crippen molar-refractivity contribution in [2.24, 2.45) is 11.8 Å². The zero-order valence-electron chi connectivity index (χ0n) is 11.8. The van der Waals surface area contributed by atoms with Crippen LogP contribution in [0.5, 0.6) is 0 Å². The summed E-state index contributed by atoms with van der Waals surface area (Å²) >= 11 is 0. The van der Waals surface area contributed by atoms with Crippen LogP contribution >= 0.6 is 0 Å². The summed E-state index contributed by atoms with van der Waals surface area (Å²) < 4.78 is 0. The molecule has 1 heterocycles. The zero-order valence-corrected chi connectivity index (χ0v) is 11.8. The molecule has 1 N–H and O–H groups in total. The van der Waals surface area contributed by atoms with Crippen LogP contribution in [0.3, 0.4) is 0 Å². The van der Waals surface area contributed by atoms with Crippen molar-refractivity contribution in [2.45, 2.75) is 53.0 Å². The number of nitrogens with one attached hydrogen (secondary N) is 1. The topological polar surface area (TPSA) is 32.3 Å². The third-order valence-electron chi connectivity index (χ3n) is 3.84. The van der Waals surface area contributed by atoms with E-state index < -0.39 is 0 Å². The summed E-state index contributed by atoms with van der Waals surface area (Å²) in [4.78, 5) is 14.1. The van der Waals surface area contributed by atoms with E-state index in [-0.39, 0.29) is 0 Å². The maximum atomic E-state index is 12.0. The molecule has 17 heavy (non-hydrogen) atoms. The lowest BCUT2D eigenvalue weighted by atomic mass is 9.89. The van der Waals surface area contributed by atoms with Gasteiger partial charge in [-0.15, -0.1) is 0 Å². The second-order valence-corrected chi connectivity index (χ2v) is 5.63. The largest absolute Gasteiger partial charge is 0.341 e. The highest BCUT2D eigenvalue weighted by atomic mass is 16.2. The molecule has 1 aliphatic rings. The minimum absolute atomic E-state index is 0.345. The van der Waals surface area contributed by atoms with Gasteiger partial charge in [0, 0.05) is 25.6 Å². The Morgan fingerprint density at radius 2 is 2.06 bits per heavy atom. The van der Waals surface area contributed by atoms with Crippen LogP contribution in [0.4, 0.5) is 0 Å². The molecule has 3 heteroatoms. The van der Waals surface area contributed by atoms with Gasteiger partial charge >= 0.3 is 0 Å². The number of amides is 1. The summed E-state index contributed by atoms with van der Waals surface area (Å²) in [5.74, 6) is 1.77. The third kappa shape index (κ3) is 4.66. The predicted molar refractivity (Wildman–Crippen MR) is 71.9 cm³/mol. The van der Waals surface area contributed by atoms with E-state index in [1.165, 1.54) is 6.42 Å². The molecule has 1 amide bonds. The SMILES string of the molecule is CCNC(C)CN1CCC(C(C)C)CCC1=O. The van der Waals surface area contributed by atoms with Gasteiger partial charge in [-0.3, -0.25) is 4.79 Å². The Hall–Kier alpha value is -0.570. The van der Waals surface area contributed by atoms with Crippen LogP contribution in [0.25, 0.3) is 0 Å². The number of nitrogens with zero attached hydrogens (tertiary/aromatic N) is 1. The number of hydrogen-bond donors (Lipinski definition) is 1. The highest BCUT2D eigenvalue weighted by molar-refractivity contribution is 5.76. The van der Waals surface area contributed by atoms with E-state index >= 15 is 0 Å². The highest BCUT2D eigenvalue weighted by Crippen LogP contribution is 2.25. The molecule has 0 saturated carbocycles. The molecule has 0 radical (unpaired) electrons. The molecule has 1 rings (SSSR count). The Morgan fingerprint density at radius 1 is 1.35 bits per heavy atom. The minimum atomic E-state index is 0.345. The summed E-state index contributed by atoms with van der Waals surface area (Å²) in [6.07, 6.45) is 2.98. The Morgan fingerprint density at radius 3 is 2.65 bits per heavy atom. The van der Waals surface area contributed by atoms with E-state index in [1.54, 1.807) is 0 Å². The van der Waals surface area contributed by atoms with Crippen molar-refractivity contribution in [3.63, 3.8) is 0 Å². The fraction of sp³-hybridized carbons (Fsp3) is 0.929. The second kappa shape index (κ2) is 7.00. The molecule has 1 aliphatic heterocycles. The summed E-state index contributed by atoms with van der Waals surface area (Å²) in [7, 11) is 0. The number of likely N-dealkylation sites (N-methyl/N-ethyl adjacent to an activating group) is 1.